The molecule has 2 aromatic heterocycles. The van der Waals surface area contributed by atoms with E-state index < -0.39 is 4.92 Å². The second-order valence-corrected chi connectivity index (χ2v) is 6.18. The Labute approximate surface area is 135 Å². The zero-order valence-electron chi connectivity index (χ0n) is 12.6. The first-order valence-corrected chi connectivity index (χ1v) is 7.72. The number of benzene rings is 1. The second-order valence-electron chi connectivity index (χ2n) is 5.14. The topological polar surface area (TPSA) is 90.1 Å². The number of thiophene rings is 1. The number of hydrogen-bond acceptors (Lipinski definition) is 5. The van der Waals surface area contributed by atoms with Crippen LogP contribution in [0.4, 0.5) is 5.69 Å². The van der Waals surface area contributed by atoms with Crippen LogP contribution in [0.15, 0.2) is 30.3 Å². The van der Waals surface area contributed by atoms with E-state index in [2.05, 4.69) is 10.4 Å². The Hall–Kier alpha value is -2.74. The number of nitro groups is 1. The summed E-state index contributed by atoms with van der Waals surface area (Å²) in [5.41, 5.74) is 1.74. The van der Waals surface area contributed by atoms with Crippen molar-refractivity contribution < 1.29 is 9.72 Å². The van der Waals surface area contributed by atoms with Crippen molar-refractivity contribution in [1.29, 1.82) is 0 Å². The molecule has 0 aliphatic rings. The Morgan fingerprint density at radius 3 is 2.70 bits per heavy atom. The van der Waals surface area contributed by atoms with Gasteiger partial charge >= 0.3 is 0 Å². The number of nitro benzene ring substituents is 1. The monoisotopic (exact) mass is 330 g/mol. The van der Waals surface area contributed by atoms with E-state index in [1.54, 1.807) is 16.8 Å². The molecule has 0 radical (unpaired) electrons. The van der Waals surface area contributed by atoms with Gasteiger partial charge in [-0.05, 0) is 18.6 Å². The Kier molecular flexibility index (Phi) is 3.83. The Balaban J connectivity index is 1.70. The molecule has 7 nitrogen and oxygen atoms in total. The molecule has 0 saturated heterocycles. The fraction of sp³-hybridized carbons (Fsp3) is 0.200. The summed E-state index contributed by atoms with van der Waals surface area (Å²) in [6.07, 6.45) is 0. The van der Waals surface area contributed by atoms with Gasteiger partial charge in [0.15, 0.2) is 0 Å². The van der Waals surface area contributed by atoms with Crippen LogP contribution in [-0.2, 0) is 13.6 Å². The molecule has 1 N–H and O–H groups in total. The molecule has 0 saturated carbocycles. The van der Waals surface area contributed by atoms with Gasteiger partial charge in [0, 0.05) is 31.1 Å². The largest absolute Gasteiger partial charge is 0.347 e. The predicted octanol–water partition coefficient (Wildman–Crippen LogP) is 2.78. The molecule has 0 atom stereocenters. The molecule has 0 bridgehead atoms. The summed E-state index contributed by atoms with van der Waals surface area (Å²) in [4.78, 5) is 24.0. The maximum Gasteiger partial charge on any atom is 0.269 e. The van der Waals surface area contributed by atoms with E-state index in [-0.39, 0.29) is 11.6 Å². The minimum atomic E-state index is -0.448. The van der Waals surface area contributed by atoms with Crippen molar-refractivity contribution in [3.8, 4) is 0 Å². The minimum Gasteiger partial charge on any atom is -0.347 e. The molecule has 3 rings (SSSR count). The van der Waals surface area contributed by atoms with Gasteiger partial charge in [0.25, 0.3) is 11.6 Å². The van der Waals surface area contributed by atoms with Crippen LogP contribution >= 0.6 is 11.3 Å². The molecule has 2 heterocycles. The quantitative estimate of drug-likeness (QED) is 0.588. The molecule has 0 unspecified atom stereocenters. The summed E-state index contributed by atoms with van der Waals surface area (Å²) in [5, 5.41) is 18.7. The second kappa shape index (κ2) is 5.81. The smallest absolute Gasteiger partial charge is 0.269 e. The summed E-state index contributed by atoms with van der Waals surface area (Å²) in [5.74, 6) is -0.163. The molecule has 1 amide bonds. The summed E-state index contributed by atoms with van der Waals surface area (Å²) in [6.45, 7) is 2.23. The van der Waals surface area contributed by atoms with Crippen molar-refractivity contribution in [2.45, 2.75) is 13.5 Å². The van der Waals surface area contributed by atoms with Gasteiger partial charge < -0.3 is 5.32 Å². The van der Waals surface area contributed by atoms with Crippen molar-refractivity contribution in [3.63, 3.8) is 0 Å². The lowest BCUT2D eigenvalue weighted by molar-refractivity contribution is -0.384. The third kappa shape index (κ3) is 2.93. The van der Waals surface area contributed by atoms with Crippen LogP contribution in [0.3, 0.4) is 0 Å². The lowest BCUT2D eigenvalue weighted by Gasteiger charge is -2.03. The van der Waals surface area contributed by atoms with Gasteiger partial charge in [-0.25, -0.2) is 0 Å². The molecule has 0 aliphatic heterocycles. The summed E-state index contributed by atoms with van der Waals surface area (Å²) in [7, 11) is 1.85. The molecular weight excluding hydrogens is 316 g/mol. The number of aromatic nitrogens is 2. The number of hydrogen-bond donors (Lipinski definition) is 1. The number of amides is 1. The SMILES string of the molecule is Cc1nn(C)c2sc(C(=O)NCc3ccc([N+](=O)[O-])cc3)cc12. The molecule has 0 fully saturated rings. The lowest BCUT2D eigenvalue weighted by atomic mass is 10.2. The molecule has 8 heteroatoms. The molecule has 0 spiro atoms. The van der Waals surface area contributed by atoms with E-state index in [1.165, 1.54) is 23.5 Å². The van der Waals surface area contributed by atoms with Gasteiger partial charge in [-0.1, -0.05) is 12.1 Å². The number of non-ortho nitro benzene ring substituents is 1. The van der Waals surface area contributed by atoms with Crippen LogP contribution in [0.2, 0.25) is 0 Å². The van der Waals surface area contributed by atoms with Crippen LogP contribution in [-0.4, -0.2) is 20.6 Å². The summed E-state index contributed by atoms with van der Waals surface area (Å²) in [6, 6.07) is 7.97. The van der Waals surface area contributed by atoms with Crippen molar-refractivity contribution in [2.24, 2.45) is 7.05 Å². The molecule has 0 aliphatic carbocycles. The standard InChI is InChI=1S/C15H14N4O3S/c1-9-12-7-13(23-15(12)18(2)17-9)14(20)16-8-10-3-5-11(6-4-10)19(21)22/h3-7H,8H2,1-2H3,(H,16,20). The van der Waals surface area contributed by atoms with Crippen LogP contribution in [0.25, 0.3) is 10.2 Å². The van der Waals surface area contributed by atoms with Crippen LogP contribution in [0, 0.1) is 17.0 Å². The van der Waals surface area contributed by atoms with E-state index in [4.69, 9.17) is 0 Å². The maximum atomic E-state index is 12.2. The minimum absolute atomic E-state index is 0.0348. The molecule has 1 aromatic carbocycles. The number of rotatable bonds is 4. The Morgan fingerprint density at radius 2 is 2.09 bits per heavy atom. The highest BCUT2D eigenvalue weighted by molar-refractivity contribution is 7.20. The van der Waals surface area contributed by atoms with E-state index >= 15 is 0 Å². The number of carbonyl (C=O) groups excluding carboxylic acids is 1. The molecule has 23 heavy (non-hydrogen) atoms. The number of carbonyl (C=O) groups is 1. The Bertz CT molecular complexity index is 861. The molecule has 118 valence electrons. The normalized spacial score (nSPS) is 10.9. The van der Waals surface area contributed by atoms with Gasteiger partial charge in [-0.3, -0.25) is 19.6 Å². The fourth-order valence-electron chi connectivity index (χ4n) is 2.32. The van der Waals surface area contributed by atoms with Crippen LogP contribution < -0.4 is 5.32 Å². The predicted molar refractivity (Wildman–Crippen MR) is 87.6 cm³/mol. The van der Waals surface area contributed by atoms with Crippen LogP contribution in [0.5, 0.6) is 0 Å². The highest BCUT2D eigenvalue weighted by Gasteiger charge is 2.15. The summed E-state index contributed by atoms with van der Waals surface area (Å²) < 4.78 is 1.77. The van der Waals surface area contributed by atoms with E-state index in [9.17, 15) is 14.9 Å². The molecular formula is C15H14N4O3S. The van der Waals surface area contributed by atoms with Crippen molar-refractivity contribution in [3.05, 3.63) is 56.6 Å². The third-order valence-corrected chi connectivity index (χ3v) is 4.72. The van der Waals surface area contributed by atoms with E-state index in [1.807, 2.05) is 20.0 Å². The fourth-order valence-corrected chi connectivity index (χ4v) is 3.36. The van der Waals surface area contributed by atoms with Crippen molar-refractivity contribution in [1.82, 2.24) is 15.1 Å². The lowest BCUT2D eigenvalue weighted by Crippen LogP contribution is -2.21. The first-order valence-electron chi connectivity index (χ1n) is 6.90. The van der Waals surface area contributed by atoms with E-state index in [0.717, 1.165) is 21.5 Å². The highest BCUT2D eigenvalue weighted by atomic mass is 32.1. The van der Waals surface area contributed by atoms with Crippen molar-refractivity contribution >= 4 is 33.1 Å². The number of nitrogens with zero attached hydrogens (tertiary/aromatic N) is 3. The number of aryl methyl sites for hydroxylation is 2. The first-order chi connectivity index (χ1) is 11.0. The third-order valence-electron chi connectivity index (χ3n) is 3.52. The van der Waals surface area contributed by atoms with Gasteiger partial charge in [-0.15, -0.1) is 11.3 Å². The van der Waals surface area contributed by atoms with Gasteiger partial charge in [-0.2, -0.15) is 5.10 Å². The van der Waals surface area contributed by atoms with Crippen molar-refractivity contribution in [2.75, 3.05) is 0 Å². The first kappa shape index (κ1) is 15.2. The summed E-state index contributed by atoms with van der Waals surface area (Å²) >= 11 is 1.39. The average Bonchev–Trinajstić information content (AvgIpc) is 3.07. The average molecular weight is 330 g/mol. The van der Waals surface area contributed by atoms with E-state index in [0.29, 0.717) is 11.4 Å². The van der Waals surface area contributed by atoms with Gasteiger partial charge in [0.1, 0.15) is 4.83 Å². The van der Waals surface area contributed by atoms with Crippen LogP contribution in [0.1, 0.15) is 20.9 Å². The highest BCUT2D eigenvalue weighted by Crippen LogP contribution is 2.27. The molecule has 3 aromatic rings. The zero-order chi connectivity index (χ0) is 16.6. The number of fused-ring (bicyclic) bond motifs is 1. The Morgan fingerprint density at radius 1 is 1.39 bits per heavy atom. The van der Waals surface area contributed by atoms with Gasteiger partial charge in [0.2, 0.25) is 0 Å². The maximum absolute atomic E-state index is 12.2. The van der Waals surface area contributed by atoms with Gasteiger partial charge in [0.05, 0.1) is 15.5 Å². The zero-order valence-corrected chi connectivity index (χ0v) is 13.4. The number of nitrogens with one attached hydrogen (secondary N) is 1.